The molecular formula is C16H18N2O4. The van der Waals surface area contributed by atoms with Gasteiger partial charge in [0.25, 0.3) is 5.91 Å². The van der Waals surface area contributed by atoms with Crippen LogP contribution < -0.4 is 4.74 Å². The first-order valence-electron chi connectivity index (χ1n) is 6.93. The molecule has 0 aromatic heterocycles. The van der Waals surface area contributed by atoms with E-state index in [-0.39, 0.29) is 22.4 Å². The molecule has 6 heteroatoms. The third kappa shape index (κ3) is 3.40. The number of rotatable bonds is 4. The number of carbonyl (C=O) groups excluding carboxylic acids is 2. The number of imide groups is 1. The van der Waals surface area contributed by atoms with Crippen molar-refractivity contribution >= 4 is 23.6 Å². The molecule has 0 radical (unpaired) electrons. The highest BCUT2D eigenvalue weighted by Crippen LogP contribution is 2.19. The molecule has 0 saturated carbocycles. The summed E-state index contributed by atoms with van der Waals surface area (Å²) in [5.74, 6) is -0.703. The fourth-order valence-electron chi connectivity index (χ4n) is 2.04. The zero-order chi connectivity index (χ0) is 16.3. The van der Waals surface area contributed by atoms with Crippen molar-refractivity contribution in [2.45, 2.75) is 20.3 Å². The minimum absolute atomic E-state index is 0.0305. The molecule has 116 valence electrons. The van der Waals surface area contributed by atoms with Crippen LogP contribution in [0.1, 0.15) is 25.8 Å². The Labute approximate surface area is 128 Å². The van der Waals surface area contributed by atoms with E-state index >= 15 is 0 Å². The van der Waals surface area contributed by atoms with Gasteiger partial charge in [0.05, 0.1) is 7.11 Å². The van der Waals surface area contributed by atoms with Gasteiger partial charge in [-0.05, 0) is 36.1 Å². The molecule has 1 N–H and O–H groups in total. The molecule has 0 spiro atoms. The van der Waals surface area contributed by atoms with Crippen LogP contribution in [-0.4, -0.2) is 34.9 Å². The van der Waals surface area contributed by atoms with Crippen LogP contribution in [0.3, 0.4) is 0 Å². The van der Waals surface area contributed by atoms with Crippen LogP contribution >= 0.6 is 0 Å². The second-order valence-corrected chi connectivity index (χ2v) is 5.38. The number of hydrogen-bond donors (Lipinski definition) is 1. The molecule has 1 aliphatic rings. The van der Waals surface area contributed by atoms with Gasteiger partial charge in [0.2, 0.25) is 0 Å². The van der Waals surface area contributed by atoms with Gasteiger partial charge in [-0.25, -0.2) is 4.99 Å². The van der Waals surface area contributed by atoms with E-state index < -0.39 is 11.8 Å². The summed E-state index contributed by atoms with van der Waals surface area (Å²) in [6.07, 6.45) is 1.92. The normalized spacial score (nSPS) is 17.2. The van der Waals surface area contributed by atoms with Crippen LogP contribution in [0.2, 0.25) is 0 Å². The Morgan fingerprint density at radius 3 is 2.41 bits per heavy atom. The van der Waals surface area contributed by atoms with Gasteiger partial charge >= 0.3 is 5.91 Å². The Balaban J connectivity index is 2.37. The molecule has 1 aromatic rings. The van der Waals surface area contributed by atoms with Crippen molar-refractivity contribution in [3.63, 3.8) is 0 Å². The van der Waals surface area contributed by atoms with E-state index in [9.17, 15) is 14.8 Å². The monoisotopic (exact) mass is 302 g/mol. The highest BCUT2D eigenvalue weighted by molar-refractivity contribution is 6.43. The number of hydrogen-bond acceptors (Lipinski definition) is 5. The lowest BCUT2D eigenvalue weighted by molar-refractivity contribution is -0.171. The summed E-state index contributed by atoms with van der Waals surface area (Å²) in [7, 11) is 1.57. The number of ether oxygens (including phenoxy) is 1. The molecule has 22 heavy (non-hydrogen) atoms. The van der Waals surface area contributed by atoms with Crippen molar-refractivity contribution in [2.75, 3.05) is 7.11 Å². The van der Waals surface area contributed by atoms with Gasteiger partial charge in [-0.15, -0.1) is 5.06 Å². The largest absolute Gasteiger partial charge is 0.497 e. The van der Waals surface area contributed by atoms with Crippen LogP contribution in [0.4, 0.5) is 0 Å². The highest BCUT2D eigenvalue weighted by Gasteiger charge is 2.32. The van der Waals surface area contributed by atoms with Crippen LogP contribution in [0, 0.1) is 5.92 Å². The number of amides is 2. The van der Waals surface area contributed by atoms with E-state index in [2.05, 4.69) is 4.99 Å². The molecule has 0 aliphatic carbocycles. The van der Waals surface area contributed by atoms with Crippen molar-refractivity contribution in [1.82, 2.24) is 5.06 Å². The average molecular weight is 302 g/mol. The Morgan fingerprint density at radius 1 is 1.23 bits per heavy atom. The van der Waals surface area contributed by atoms with Crippen molar-refractivity contribution in [1.29, 1.82) is 0 Å². The van der Waals surface area contributed by atoms with Crippen molar-refractivity contribution in [3.8, 4) is 5.75 Å². The van der Waals surface area contributed by atoms with E-state index in [1.807, 2.05) is 13.8 Å². The van der Waals surface area contributed by atoms with Crippen molar-refractivity contribution in [2.24, 2.45) is 10.9 Å². The standard InChI is InChI=1S/C16H18N2O4/c1-10(2)8-13-15(19)18(21)16(20)14(17-13)9-11-4-6-12(22-3)7-5-11/h4-7,9-10,21H,8H2,1-3H3/b14-9-. The number of aliphatic imine (C=N–C) groups is 1. The minimum Gasteiger partial charge on any atom is -0.497 e. The molecule has 0 unspecified atom stereocenters. The fourth-order valence-corrected chi connectivity index (χ4v) is 2.04. The molecule has 0 saturated heterocycles. The summed E-state index contributed by atoms with van der Waals surface area (Å²) in [5.41, 5.74) is 0.930. The predicted molar refractivity (Wildman–Crippen MR) is 81.5 cm³/mol. The van der Waals surface area contributed by atoms with Crippen LogP contribution in [-0.2, 0) is 9.59 Å². The summed E-state index contributed by atoms with van der Waals surface area (Å²) in [6.45, 7) is 3.86. The number of nitrogens with zero attached hydrogens (tertiary/aromatic N) is 2. The third-order valence-electron chi connectivity index (χ3n) is 3.13. The Morgan fingerprint density at radius 2 is 1.86 bits per heavy atom. The zero-order valence-corrected chi connectivity index (χ0v) is 12.7. The zero-order valence-electron chi connectivity index (χ0n) is 12.7. The SMILES string of the molecule is COc1ccc(/C=C2\N=C(CC(C)C)C(=O)N(O)C2=O)cc1. The summed E-state index contributed by atoms with van der Waals surface area (Å²) in [4.78, 5) is 27.9. The molecule has 6 nitrogen and oxygen atoms in total. The third-order valence-corrected chi connectivity index (χ3v) is 3.13. The summed E-state index contributed by atoms with van der Waals surface area (Å²) in [6, 6.07) is 7.02. The van der Waals surface area contributed by atoms with Gasteiger partial charge in [-0.3, -0.25) is 14.8 Å². The number of methoxy groups -OCH3 is 1. The number of benzene rings is 1. The van der Waals surface area contributed by atoms with Crippen LogP contribution in [0.15, 0.2) is 35.0 Å². The van der Waals surface area contributed by atoms with Gasteiger partial charge in [0, 0.05) is 0 Å². The van der Waals surface area contributed by atoms with Gasteiger partial charge in [-0.2, -0.15) is 0 Å². The van der Waals surface area contributed by atoms with Crippen molar-refractivity contribution in [3.05, 3.63) is 35.5 Å². The summed E-state index contributed by atoms with van der Waals surface area (Å²) < 4.78 is 5.06. The Kier molecular flexibility index (Phi) is 4.72. The maximum Gasteiger partial charge on any atom is 0.303 e. The average Bonchev–Trinajstić information content (AvgIpc) is 2.50. The van der Waals surface area contributed by atoms with Gasteiger partial charge in [-0.1, -0.05) is 26.0 Å². The summed E-state index contributed by atoms with van der Waals surface area (Å²) >= 11 is 0. The Bertz CT molecular complexity index is 645. The van der Waals surface area contributed by atoms with Crippen LogP contribution in [0.5, 0.6) is 5.75 Å². The molecule has 2 rings (SSSR count). The molecule has 0 fully saturated rings. The molecule has 1 aliphatic heterocycles. The lowest BCUT2D eigenvalue weighted by atomic mass is 10.0. The number of hydroxylamine groups is 2. The van der Waals surface area contributed by atoms with E-state index in [1.165, 1.54) is 6.08 Å². The maximum atomic E-state index is 11.9. The number of carbonyl (C=O) groups is 2. The lowest BCUT2D eigenvalue weighted by Crippen LogP contribution is -2.43. The first kappa shape index (κ1) is 15.9. The Hall–Kier alpha value is -2.47. The summed E-state index contributed by atoms with van der Waals surface area (Å²) in [5, 5.41) is 9.78. The molecule has 1 aromatic carbocycles. The van der Waals surface area contributed by atoms with Gasteiger partial charge in [0.15, 0.2) is 0 Å². The second-order valence-electron chi connectivity index (χ2n) is 5.38. The van der Waals surface area contributed by atoms with Crippen molar-refractivity contribution < 1.29 is 19.5 Å². The first-order valence-corrected chi connectivity index (χ1v) is 6.93. The maximum absolute atomic E-state index is 11.9. The topological polar surface area (TPSA) is 79.2 Å². The van der Waals surface area contributed by atoms with E-state index in [0.29, 0.717) is 12.2 Å². The molecule has 0 atom stereocenters. The lowest BCUT2D eigenvalue weighted by Gasteiger charge is -2.20. The minimum atomic E-state index is -0.826. The van der Waals surface area contributed by atoms with E-state index in [0.717, 1.165) is 5.56 Å². The molecule has 2 amide bonds. The van der Waals surface area contributed by atoms with Gasteiger partial charge in [0.1, 0.15) is 17.2 Å². The first-order chi connectivity index (χ1) is 10.4. The molecule has 0 bridgehead atoms. The molecular weight excluding hydrogens is 284 g/mol. The molecule has 1 heterocycles. The second kappa shape index (κ2) is 6.53. The van der Waals surface area contributed by atoms with E-state index in [4.69, 9.17) is 4.74 Å². The highest BCUT2D eigenvalue weighted by atomic mass is 16.5. The smallest absolute Gasteiger partial charge is 0.303 e. The predicted octanol–water partition coefficient (Wildman–Crippen LogP) is 2.28. The van der Waals surface area contributed by atoms with Crippen LogP contribution in [0.25, 0.3) is 6.08 Å². The van der Waals surface area contributed by atoms with E-state index in [1.54, 1.807) is 31.4 Å². The quantitative estimate of drug-likeness (QED) is 0.526. The van der Waals surface area contributed by atoms with Gasteiger partial charge < -0.3 is 4.74 Å². The fraction of sp³-hybridized carbons (Fsp3) is 0.312.